The number of aliphatic hydroxyl groups is 1. The van der Waals surface area contributed by atoms with Crippen molar-refractivity contribution in [2.24, 2.45) is 5.92 Å². The fraction of sp³-hybridized carbons (Fsp3) is 0.400. The van der Waals surface area contributed by atoms with Crippen LogP contribution < -0.4 is 10.2 Å². The van der Waals surface area contributed by atoms with E-state index in [1.807, 2.05) is 44.7 Å². The van der Waals surface area contributed by atoms with E-state index < -0.39 is 11.6 Å². The van der Waals surface area contributed by atoms with Gasteiger partial charge in [0.25, 0.3) is 0 Å². The fourth-order valence-corrected chi connectivity index (χ4v) is 4.59. The molecule has 10 heteroatoms. The number of carboxylic acid groups (broad SMARTS) is 1. The molecule has 35 heavy (non-hydrogen) atoms. The second-order valence-corrected chi connectivity index (χ2v) is 9.75. The van der Waals surface area contributed by atoms with Crippen molar-refractivity contribution in [1.29, 1.82) is 5.26 Å². The number of aryl methyl sites for hydroxylation is 1. The number of carbonyl (C=O) groups is 1. The highest BCUT2D eigenvalue weighted by Crippen LogP contribution is 2.35. The summed E-state index contributed by atoms with van der Waals surface area (Å²) in [6, 6.07) is 8.72. The molecule has 1 aliphatic heterocycles. The number of hydrogen-bond acceptors (Lipinski definition) is 8. The highest BCUT2D eigenvalue weighted by atomic mass is 35.5. The fourth-order valence-electron chi connectivity index (χ4n) is 4.44. The van der Waals surface area contributed by atoms with E-state index in [9.17, 15) is 20.3 Å². The molecular weight excluding hydrogens is 468 g/mol. The van der Waals surface area contributed by atoms with Crippen molar-refractivity contribution in [2.75, 3.05) is 23.3 Å². The van der Waals surface area contributed by atoms with E-state index in [0.717, 1.165) is 11.1 Å². The monoisotopic (exact) mass is 494 g/mol. The minimum absolute atomic E-state index is 0.0605. The van der Waals surface area contributed by atoms with Gasteiger partial charge in [-0.05, 0) is 49.9 Å². The van der Waals surface area contributed by atoms with Crippen LogP contribution in [0.3, 0.4) is 0 Å². The van der Waals surface area contributed by atoms with Crippen molar-refractivity contribution < 1.29 is 15.0 Å². The lowest BCUT2D eigenvalue weighted by Crippen LogP contribution is -2.38. The predicted molar refractivity (Wildman–Crippen MR) is 134 cm³/mol. The van der Waals surface area contributed by atoms with E-state index >= 15 is 0 Å². The second kappa shape index (κ2) is 9.29. The lowest BCUT2D eigenvalue weighted by atomic mass is 9.90. The third-order valence-electron chi connectivity index (χ3n) is 6.59. The van der Waals surface area contributed by atoms with Gasteiger partial charge >= 0.3 is 5.97 Å². The number of fused-ring (bicyclic) bond motifs is 1. The number of hydrogen-bond donors (Lipinski definition) is 3. The van der Waals surface area contributed by atoms with Crippen LogP contribution >= 0.6 is 11.6 Å². The Hall–Kier alpha value is -3.48. The number of β-amino-alcohol motifs (C(OH)–C–C–N with tert-alkyl or cyclic N) is 1. The summed E-state index contributed by atoms with van der Waals surface area (Å²) in [6.07, 6.45) is 0.579. The Morgan fingerprint density at radius 3 is 2.63 bits per heavy atom. The number of halogens is 1. The van der Waals surface area contributed by atoms with Crippen molar-refractivity contribution in [3.63, 3.8) is 0 Å². The van der Waals surface area contributed by atoms with E-state index in [2.05, 4.69) is 21.4 Å². The molecule has 2 aromatic heterocycles. The Bertz CT molecular complexity index is 1360. The lowest BCUT2D eigenvalue weighted by Gasteiger charge is -2.28. The van der Waals surface area contributed by atoms with Crippen LogP contribution in [0, 0.1) is 24.2 Å². The smallest absolute Gasteiger partial charge is 0.356 e. The zero-order valence-corrected chi connectivity index (χ0v) is 20.8. The first-order valence-electron chi connectivity index (χ1n) is 11.4. The molecule has 1 aliphatic rings. The number of pyridine rings is 1. The summed E-state index contributed by atoms with van der Waals surface area (Å²) in [5, 5.41) is 33.6. The highest BCUT2D eigenvalue weighted by molar-refractivity contribution is 6.29. The van der Waals surface area contributed by atoms with E-state index in [1.54, 1.807) is 6.07 Å². The molecule has 0 radical (unpaired) electrons. The number of nitrogens with one attached hydrogen (secondary N) is 1. The zero-order valence-electron chi connectivity index (χ0n) is 20.0. The van der Waals surface area contributed by atoms with E-state index in [-0.39, 0.29) is 28.5 Å². The van der Waals surface area contributed by atoms with Crippen LogP contribution in [0.2, 0.25) is 5.15 Å². The number of carboxylic acids is 1. The second-order valence-electron chi connectivity index (χ2n) is 9.36. The highest BCUT2D eigenvalue weighted by Gasteiger charge is 2.40. The Balaban J connectivity index is 1.79. The first-order chi connectivity index (χ1) is 16.5. The van der Waals surface area contributed by atoms with Gasteiger partial charge in [0, 0.05) is 18.7 Å². The van der Waals surface area contributed by atoms with Crippen LogP contribution in [0.15, 0.2) is 24.3 Å². The molecule has 0 amide bonds. The molecule has 1 aromatic carbocycles. The largest absolute Gasteiger partial charge is 0.476 e. The molecule has 1 unspecified atom stereocenters. The number of nitriles is 1. The number of aromatic nitrogens is 3. The third kappa shape index (κ3) is 4.72. The van der Waals surface area contributed by atoms with E-state index in [4.69, 9.17) is 16.6 Å². The molecule has 2 atom stereocenters. The SMILES string of the molecule is Cc1cc([C@@H](C)Nc2ccc(Cl)nc2C(=O)O)c2nc(N3CCC(O)(C(C)C)C3)c(C#N)nc2c1. The van der Waals surface area contributed by atoms with Crippen LogP contribution in [0.1, 0.15) is 60.5 Å². The topological polar surface area (TPSA) is 135 Å². The summed E-state index contributed by atoms with van der Waals surface area (Å²) in [4.78, 5) is 27.0. The quantitative estimate of drug-likeness (QED) is 0.428. The maximum absolute atomic E-state index is 11.7. The first kappa shape index (κ1) is 24.6. The predicted octanol–water partition coefficient (Wildman–Crippen LogP) is 4.33. The molecule has 0 spiro atoms. The normalized spacial score (nSPS) is 18.6. The van der Waals surface area contributed by atoms with Gasteiger partial charge in [-0.15, -0.1) is 0 Å². The molecule has 4 rings (SSSR count). The molecule has 3 heterocycles. The summed E-state index contributed by atoms with van der Waals surface area (Å²) in [7, 11) is 0. The molecule has 9 nitrogen and oxygen atoms in total. The van der Waals surface area contributed by atoms with Gasteiger partial charge in [-0.2, -0.15) is 5.26 Å². The molecular formula is C25H27ClN6O3. The Morgan fingerprint density at radius 1 is 1.26 bits per heavy atom. The van der Waals surface area contributed by atoms with Crippen LogP contribution in [-0.2, 0) is 0 Å². The average molecular weight is 495 g/mol. The van der Waals surface area contributed by atoms with Crippen molar-refractivity contribution in [2.45, 2.75) is 45.8 Å². The Kier molecular flexibility index (Phi) is 6.54. The molecule has 0 aliphatic carbocycles. The van der Waals surface area contributed by atoms with Crippen LogP contribution in [0.5, 0.6) is 0 Å². The molecule has 0 saturated carbocycles. The molecule has 3 N–H and O–H groups in total. The van der Waals surface area contributed by atoms with Gasteiger partial charge in [0.1, 0.15) is 11.2 Å². The van der Waals surface area contributed by atoms with Crippen LogP contribution in [0.25, 0.3) is 11.0 Å². The number of nitrogens with zero attached hydrogens (tertiary/aromatic N) is 5. The number of rotatable bonds is 6. The van der Waals surface area contributed by atoms with Crippen molar-refractivity contribution in [1.82, 2.24) is 15.0 Å². The van der Waals surface area contributed by atoms with Gasteiger partial charge < -0.3 is 20.4 Å². The van der Waals surface area contributed by atoms with Crippen molar-refractivity contribution in [3.05, 3.63) is 51.9 Å². The average Bonchev–Trinajstić information content (AvgIpc) is 3.22. The molecule has 182 valence electrons. The molecule has 3 aromatic rings. The number of benzene rings is 1. The maximum Gasteiger partial charge on any atom is 0.356 e. The summed E-state index contributed by atoms with van der Waals surface area (Å²) in [5.41, 5.74) is 2.39. The van der Waals surface area contributed by atoms with Gasteiger partial charge in [-0.3, -0.25) is 0 Å². The van der Waals surface area contributed by atoms with Gasteiger partial charge in [-0.25, -0.2) is 19.7 Å². The summed E-state index contributed by atoms with van der Waals surface area (Å²) in [6.45, 7) is 8.70. The van der Waals surface area contributed by atoms with Gasteiger partial charge in [0.2, 0.25) is 0 Å². The Morgan fingerprint density at radius 2 is 2.00 bits per heavy atom. The van der Waals surface area contributed by atoms with Crippen molar-refractivity contribution >= 4 is 40.1 Å². The standard InChI is InChI=1S/C25H27ClN6O3/c1-13(2)25(35)7-8-32(12-25)23-19(11-27)29-18-10-14(3)9-16(21(18)31-23)15(4)28-17-5-6-20(26)30-22(17)24(33)34/h5-6,9-10,13,15,28,35H,7-8,12H2,1-4H3,(H,33,34)/t15-,25?/m1/s1. The van der Waals surface area contributed by atoms with Crippen molar-refractivity contribution in [3.8, 4) is 6.07 Å². The van der Waals surface area contributed by atoms with E-state index in [1.165, 1.54) is 6.07 Å². The lowest BCUT2D eigenvalue weighted by molar-refractivity contribution is 0.0167. The minimum atomic E-state index is -1.19. The minimum Gasteiger partial charge on any atom is -0.476 e. The number of anilines is 2. The van der Waals surface area contributed by atoms with E-state index in [0.29, 0.717) is 42.0 Å². The van der Waals surface area contributed by atoms with Crippen LogP contribution in [0.4, 0.5) is 11.5 Å². The van der Waals surface area contributed by atoms with Gasteiger partial charge in [0.15, 0.2) is 17.2 Å². The van der Waals surface area contributed by atoms with Gasteiger partial charge in [-0.1, -0.05) is 31.5 Å². The third-order valence-corrected chi connectivity index (χ3v) is 6.80. The Labute approximate surface area is 208 Å². The zero-order chi connectivity index (χ0) is 25.5. The molecule has 1 fully saturated rings. The van der Waals surface area contributed by atoms with Gasteiger partial charge in [0.05, 0.1) is 28.4 Å². The number of aromatic carboxylic acids is 1. The first-order valence-corrected chi connectivity index (χ1v) is 11.8. The maximum atomic E-state index is 11.7. The summed E-state index contributed by atoms with van der Waals surface area (Å²) < 4.78 is 0. The van der Waals surface area contributed by atoms with Crippen LogP contribution in [-0.4, -0.2) is 49.8 Å². The molecule has 0 bridgehead atoms. The summed E-state index contributed by atoms with van der Waals surface area (Å²) in [5.74, 6) is -0.692. The summed E-state index contributed by atoms with van der Waals surface area (Å²) >= 11 is 5.89. The molecule has 1 saturated heterocycles.